The van der Waals surface area contributed by atoms with Gasteiger partial charge in [0.15, 0.2) is 0 Å². The van der Waals surface area contributed by atoms with E-state index < -0.39 is 6.10 Å². The number of halogens is 1. The van der Waals surface area contributed by atoms with E-state index in [4.69, 9.17) is 0 Å². The Morgan fingerprint density at radius 3 is 2.24 bits per heavy atom. The fraction of sp³-hybridized carbons (Fsp3) is 0.200. The molecule has 0 saturated carbocycles. The number of hydrogen-bond acceptors (Lipinski definition) is 1. The average molecular weight is 291 g/mol. The lowest BCUT2D eigenvalue weighted by atomic mass is 9.96. The van der Waals surface area contributed by atoms with Crippen molar-refractivity contribution in [3.8, 4) is 0 Å². The van der Waals surface area contributed by atoms with E-state index in [0.717, 1.165) is 22.0 Å². The van der Waals surface area contributed by atoms with Crippen LogP contribution in [0.1, 0.15) is 29.7 Å². The van der Waals surface area contributed by atoms with E-state index >= 15 is 0 Å². The molecule has 0 aliphatic heterocycles. The molecule has 0 saturated heterocycles. The van der Waals surface area contributed by atoms with E-state index in [1.165, 1.54) is 5.56 Å². The van der Waals surface area contributed by atoms with Crippen molar-refractivity contribution in [1.82, 2.24) is 0 Å². The summed E-state index contributed by atoms with van der Waals surface area (Å²) in [5.74, 6) is 0. The predicted molar refractivity (Wildman–Crippen MR) is 74.0 cm³/mol. The van der Waals surface area contributed by atoms with Gasteiger partial charge in [-0.25, -0.2) is 0 Å². The second-order valence-corrected chi connectivity index (χ2v) is 4.83. The standard InChI is InChI=1S/C15H15BrO/c1-2-11-7-3-4-8-12(11)15(17)13-9-5-6-10-14(13)16/h3-10,15,17H,2H2,1H3/t15-/m1/s1. The molecule has 0 radical (unpaired) electrons. The summed E-state index contributed by atoms with van der Waals surface area (Å²) in [6.07, 6.45) is 0.360. The van der Waals surface area contributed by atoms with Crippen molar-refractivity contribution in [3.05, 3.63) is 69.7 Å². The van der Waals surface area contributed by atoms with Crippen molar-refractivity contribution in [2.24, 2.45) is 0 Å². The number of rotatable bonds is 3. The average Bonchev–Trinajstić information content (AvgIpc) is 2.38. The monoisotopic (exact) mass is 290 g/mol. The van der Waals surface area contributed by atoms with Gasteiger partial charge in [0.2, 0.25) is 0 Å². The lowest BCUT2D eigenvalue weighted by Gasteiger charge is -2.16. The summed E-state index contributed by atoms with van der Waals surface area (Å²) in [7, 11) is 0. The van der Waals surface area contributed by atoms with E-state index in [9.17, 15) is 5.11 Å². The first-order valence-corrected chi connectivity index (χ1v) is 6.53. The molecule has 0 unspecified atom stereocenters. The smallest absolute Gasteiger partial charge is 0.105 e. The van der Waals surface area contributed by atoms with Crippen molar-refractivity contribution >= 4 is 15.9 Å². The van der Waals surface area contributed by atoms with E-state index in [2.05, 4.69) is 28.9 Å². The zero-order valence-electron chi connectivity index (χ0n) is 9.73. The molecular formula is C15H15BrO. The molecule has 0 heterocycles. The van der Waals surface area contributed by atoms with E-state index in [1.807, 2.05) is 42.5 Å². The van der Waals surface area contributed by atoms with Crippen LogP contribution in [0.4, 0.5) is 0 Å². The molecule has 0 aliphatic carbocycles. The van der Waals surface area contributed by atoms with Crippen LogP contribution < -0.4 is 0 Å². The molecule has 0 aliphatic rings. The van der Waals surface area contributed by atoms with Crippen molar-refractivity contribution < 1.29 is 5.11 Å². The Balaban J connectivity index is 2.44. The fourth-order valence-corrected chi connectivity index (χ4v) is 2.49. The van der Waals surface area contributed by atoms with Crippen molar-refractivity contribution in [2.75, 3.05) is 0 Å². The highest BCUT2D eigenvalue weighted by molar-refractivity contribution is 9.10. The Bertz CT molecular complexity index is 508. The Morgan fingerprint density at radius 2 is 1.59 bits per heavy atom. The largest absolute Gasteiger partial charge is 0.384 e. The summed E-state index contributed by atoms with van der Waals surface area (Å²) in [4.78, 5) is 0. The predicted octanol–water partition coefficient (Wildman–Crippen LogP) is 4.09. The molecule has 88 valence electrons. The highest BCUT2D eigenvalue weighted by Gasteiger charge is 2.15. The first kappa shape index (κ1) is 12.3. The SMILES string of the molecule is CCc1ccccc1[C@@H](O)c1ccccc1Br. The van der Waals surface area contributed by atoms with Crippen LogP contribution in [-0.4, -0.2) is 5.11 Å². The quantitative estimate of drug-likeness (QED) is 0.903. The van der Waals surface area contributed by atoms with E-state index in [-0.39, 0.29) is 0 Å². The first-order valence-electron chi connectivity index (χ1n) is 5.74. The summed E-state index contributed by atoms with van der Waals surface area (Å²) in [5, 5.41) is 10.5. The number of hydrogen-bond donors (Lipinski definition) is 1. The molecule has 1 N–H and O–H groups in total. The topological polar surface area (TPSA) is 20.2 Å². The minimum absolute atomic E-state index is 0.568. The minimum atomic E-state index is -0.568. The summed E-state index contributed by atoms with van der Waals surface area (Å²) >= 11 is 3.48. The van der Waals surface area contributed by atoms with Gasteiger partial charge < -0.3 is 5.11 Å². The molecule has 1 atom stereocenters. The van der Waals surface area contributed by atoms with Gasteiger partial charge in [0, 0.05) is 4.47 Å². The minimum Gasteiger partial charge on any atom is -0.384 e. The maximum Gasteiger partial charge on any atom is 0.105 e. The maximum absolute atomic E-state index is 10.5. The molecular weight excluding hydrogens is 276 g/mol. The molecule has 2 aromatic carbocycles. The van der Waals surface area contributed by atoms with Gasteiger partial charge in [-0.3, -0.25) is 0 Å². The molecule has 0 amide bonds. The number of aliphatic hydroxyl groups excluding tert-OH is 1. The van der Waals surface area contributed by atoms with Crippen molar-refractivity contribution in [2.45, 2.75) is 19.4 Å². The Morgan fingerprint density at radius 1 is 1.00 bits per heavy atom. The van der Waals surface area contributed by atoms with E-state index in [1.54, 1.807) is 0 Å². The Kier molecular flexibility index (Phi) is 3.97. The van der Waals surface area contributed by atoms with Gasteiger partial charge in [0.25, 0.3) is 0 Å². The summed E-state index contributed by atoms with van der Waals surface area (Å²) < 4.78 is 0.943. The van der Waals surface area contributed by atoms with Crippen LogP contribution in [0.5, 0.6) is 0 Å². The number of aryl methyl sites for hydroxylation is 1. The van der Waals surface area contributed by atoms with Gasteiger partial charge >= 0.3 is 0 Å². The van der Waals surface area contributed by atoms with Crippen LogP contribution >= 0.6 is 15.9 Å². The molecule has 2 heteroatoms. The third-order valence-corrected chi connectivity index (χ3v) is 3.65. The van der Waals surface area contributed by atoms with Crippen LogP contribution in [0.15, 0.2) is 53.0 Å². The third kappa shape index (κ3) is 2.59. The number of benzene rings is 2. The maximum atomic E-state index is 10.5. The third-order valence-electron chi connectivity index (χ3n) is 2.93. The Hall–Kier alpha value is -1.12. The molecule has 1 nitrogen and oxygen atoms in total. The van der Waals surface area contributed by atoms with Crippen LogP contribution in [-0.2, 0) is 6.42 Å². The molecule has 2 aromatic rings. The lowest BCUT2D eigenvalue weighted by molar-refractivity contribution is 0.218. The van der Waals surface area contributed by atoms with Crippen molar-refractivity contribution in [3.63, 3.8) is 0 Å². The second-order valence-electron chi connectivity index (χ2n) is 3.98. The highest BCUT2D eigenvalue weighted by Crippen LogP contribution is 2.30. The zero-order chi connectivity index (χ0) is 12.3. The first-order chi connectivity index (χ1) is 8.24. The second kappa shape index (κ2) is 5.48. The molecule has 0 spiro atoms. The van der Waals surface area contributed by atoms with Crippen LogP contribution in [0.3, 0.4) is 0 Å². The zero-order valence-corrected chi connectivity index (χ0v) is 11.3. The van der Waals surface area contributed by atoms with E-state index in [0.29, 0.717) is 0 Å². The lowest BCUT2D eigenvalue weighted by Crippen LogP contribution is -2.03. The summed E-state index contributed by atoms with van der Waals surface area (Å²) in [6.45, 7) is 2.10. The molecule has 17 heavy (non-hydrogen) atoms. The molecule has 0 fully saturated rings. The van der Waals surface area contributed by atoms with Crippen LogP contribution in [0.25, 0.3) is 0 Å². The van der Waals surface area contributed by atoms with Crippen molar-refractivity contribution in [1.29, 1.82) is 0 Å². The van der Waals surface area contributed by atoms with Gasteiger partial charge in [-0.1, -0.05) is 65.3 Å². The van der Waals surface area contributed by atoms with Gasteiger partial charge in [0.05, 0.1) is 0 Å². The van der Waals surface area contributed by atoms with Gasteiger partial charge in [0.1, 0.15) is 6.10 Å². The summed E-state index contributed by atoms with van der Waals surface area (Å²) in [5.41, 5.74) is 3.09. The van der Waals surface area contributed by atoms with Gasteiger partial charge in [-0.15, -0.1) is 0 Å². The molecule has 2 rings (SSSR count). The highest BCUT2D eigenvalue weighted by atomic mass is 79.9. The number of aliphatic hydroxyl groups is 1. The van der Waals surface area contributed by atoms with Gasteiger partial charge in [-0.05, 0) is 29.2 Å². The summed E-state index contributed by atoms with van der Waals surface area (Å²) in [6, 6.07) is 15.8. The Labute approximate surface area is 110 Å². The van der Waals surface area contributed by atoms with Gasteiger partial charge in [-0.2, -0.15) is 0 Å². The molecule has 0 bridgehead atoms. The van der Waals surface area contributed by atoms with Crippen LogP contribution in [0.2, 0.25) is 0 Å². The fourth-order valence-electron chi connectivity index (χ4n) is 1.99. The normalized spacial score (nSPS) is 12.4. The molecule has 0 aromatic heterocycles. The van der Waals surface area contributed by atoms with Crippen LogP contribution in [0, 0.1) is 0 Å².